The Hall–Kier alpha value is -1.81. The number of hydrogen-bond acceptors (Lipinski definition) is 3. The number of phenolic OH excluding ortho intramolecular Hbond substituents is 1. The molecule has 0 fully saturated rings. The molecule has 0 saturated heterocycles. The summed E-state index contributed by atoms with van der Waals surface area (Å²) in [6, 6.07) is 5.86. The molecule has 2 unspecified atom stereocenters. The Kier molecular flexibility index (Phi) is 7.12. The van der Waals surface area contributed by atoms with Crippen LogP contribution in [0.25, 0.3) is 0 Å². The molecule has 4 heteroatoms. The largest absolute Gasteiger partial charge is 0.508 e. The number of aliphatic imine (C=N–C) groups is 1. The predicted molar refractivity (Wildman–Crippen MR) is 94.3 cm³/mol. The van der Waals surface area contributed by atoms with Crippen molar-refractivity contribution < 1.29 is 5.11 Å². The van der Waals surface area contributed by atoms with E-state index in [1.54, 1.807) is 0 Å². The molecule has 0 saturated carbocycles. The Morgan fingerprint density at radius 1 is 1.41 bits per heavy atom. The fraction of sp³-hybridized carbons (Fsp3) is 0.500. The molecule has 2 atom stereocenters. The summed E-state index contributed by atoms with van der Waals surface area (Å²) in [6.07, 6.45) is 1.66. The second kappa shape index (κ2) is 8.59. The Morgan fingerprint density at radius 3 is 2.59 bits per heavy atom. The Morgan fingerprint density at radius 2 is 2.09 bits per heavy atom. The van der Waals surface area contributed by atoms with Gasteiger partial charge in [-0.1, -0.05) is 38.1 Å². The van der Waals surface area contributed by atoms with Gasteiger partial charge in [0.15, 0.2) is 0 Å². The highest BCUT2D eigenvalue weighted by atomic mass is 16.3. The maximum atomic E-state index is 10.1. The first-order chi connectivity index (χ1) is 10.4. The van der Waals surface area contributed by atoms with Gasteiger partial charge in [-0.05, 0) is 31.9 Å². The molecule has 0 amide bonds. The van der Waals surface area contributed by atoms with Gasteiger partial charge in [-0.25, -0.2) is 0 Å². The first-order valence-electron chi connectivity index (χ1n) is 7.90. The van der Waals surface area contributed by atoms with Gasteiger partial charge in [0.2, 0.25) is 0 Å². The molecule has 0 heterocycles. The molecule has 1 rings (SSSR count). The zero-order valence-electron chi connectivity index (χ0n) is 14.2. The molecule has 0 radical (unpaired) electrons. The molecule has 0 aliphatic heterocycles. The third-order valence-corrected chi connectivity index (χ3v) is 3.82. The van der Waals surface area contributed by atoms with Crippen LogP contribution in [-0.2, 0) is 13.0 Å². The number of rotatable bonds is 8. The van der Waals surface area contributed by atoms with E-state index in [1.165, 1.54) is 0 Å². The molecule has 4 N–H and O–H groups in total. The number of amidine groups is 1. The third kappa shape index (κ3) is 5.19. The minimum absolute atomic E-state index is 0.00880. The van der Waals surface area contributed by atoms with E-state index in [4.69, 9.17) is 5.73 Å². The number of nitrogens with zero attached hydrogens (tertiary/aromatic N) is 1. The molecule has 22 heavy (non-hydrogen) atoms. The Balaban J connectivity index is 2.79. The highest BCUT2D eigenvalue weighted by Crippen LogP contribution is 2.20. The minimum Gasteiger partial charge on any atom is -0.508 e. The molecule has 0 aliphatic rings. The van der Waals surface area contributed by atoms with Crippen LogP contribution in [0.5, 0.6) is 5.75 Å². The normalized spacial score (nSPS) is 14.6. The first-order valence-corrected chi connectivity index (χ1v) is 7.90. The summed E-state index contributed by atoms with van der Waals surface area (Å²) in [5.74, 6) is 0.979. The average Bonchev–Trinajstić information content (AvgIpc) is 2.48. The molecule has 0 spiro atoms. The monoisotopic (exact) mass is 303 g/mol. The van der Waals surface area contributed by atoms with Crippen molar-refractivity contribution in [3.8, 4) is 5.75 Å². The standard InChI is InChI=1S/C18H29N3O/c1-6-14-8-9-15(16(22)10-14)11-20-18(12(3)4)13(5)21-17(19)7-2/h8-10,13,18,20,22H,3,6-7,11H2,1-2,4-5H3,(H2,19,21). The summed E-state index contributed by atoms with van der Waals surface area (Å²) in [7, 11) is 0. The van der Waals surface area contributed by atoms with E-state index in [0.29, 0.717) is 18.1 Å². The van der Waals surface area contributed by atoms with Crippen molar-refractivity contribution in [3.63, 3.8) is 0 Å². The summed E-state index contributed by atoms with van der Waals surface area (Å²) < 4.78 is 0. The highest BCUT2D eigenvalue weighted by Gasteiger charge is 2.17. The molecular weight excluding hydrogens is 274 g/mol. The van der Waals surface area contributed by atoms with Crippen LogP contribution in [0.3, 0.4) is 0 Å². The SMILES string of the molecule is C=C(C)C(NCc1ccc(CC)cc1O)C(C)N=C(N)CC. The highest BCUT2D eigenvalue weighted by molar-refractivity contribution is 5.80. The molecule has 0 bridgehead atoms. The van der Waals surface area contributed by atoms with Crippen molar-refractivity contribution in [2.24, 2.45) is 10.7 Å². The zero-order valence-corrected chi connectivity index (χ0v) is 14.2. The fourth-order valence-electron chi connectivity index (χ4n) is 2.38. The number of phenols is 1. The summed E-state index contributed by atoms with van der Waals surface area (Å²) in [5, 5.41) is 13.5. The lowest BCUT2D eigenvalue weighted by Crippen LogP contribution is -2.38. The van der Waals surface area contributed by atoms with E-state index in [1.807, 2.05) is 39.0 Å². The van der Waals surface area contributed by atoms with Gasteiger partial charge in [0.05, 0.1) is 17.9 Å². The van der Waals surface area contributed by atoms with E-state index >= 15 is 0 Å². The van der Waals surface area contributed by atoms with E-state index in [-0.39, 0.29) is 12.1 Å². The van der Waals surface area contributed by atoms with Crippen molar-refractivity contribution in [1.29, 1.82) is 0 Å². The van der Waals surface area contributed by atoms with Crippen molar-refractivity contribution in [2.75, 3.05) is 0 Å². The van der Waals surface area contributed by atoms with Crippen molar-refractivity contribution in [1.82, 2.24) is 5.32 Å². The molecular formula is C18H29N3O. The molecule has 4 nitrogen and oxygen atoms in total. The van der Waals surface area contributed by atoms with Gasteiger partial charge in [-0.3, -0.25) is 4.99 Å². The lowest BCUT2D eigenvalue weighted by atomic mass is 10.0. The maximum absolute atomic E-state index is 10.1. The van der Waals surface area contributed by atoms with Gasteiger partial charge in [0.25, 0.3) is 0 Å². The third-order valence-electron chi connectivity index (χ3n) is 3.82. The summed E-state index contributed by atoms with van der Waals surface area (Å²) in [5.41, 5.74) is 8.84. The van der Waals surface area contributed by atoms with Crippen LogP contribution in [-0.4, -0.2) is 23.0 Å². The zero-order chi connectivity index (χ0) is 16.7. The van der Waals surface area contributed by atoms with Crippen molar-refractivity contribution >= 4 is 5.84 Å². The Bertz CT molecular complexity index is 537. The Labute approximate surface area is 134 Å². The van der Waals surface area contributed by atoms with E-state index in [9.17, 15) is 5.11 Å². The number of nitrogens with two attached hydrogens (primary N) is 1. The minimum atomic E-state index is 0.00880. The van der Waals surface area contributed by atoms with E-state index in [2.05, 4.69) is 23.8 Å². The summed E-state index contributed by atoms with van der Waals surface area (Å²) in [6.45, 7) is 12.7. The van der Waals surface area contributed by atoms with E-state index < -0.39 is 0 Å². The molecule has 122 valence electrons. The van der Waals surface area contributed by atoms with Crippen LogP contribution in [0.1, 0.15) is 45.2 Å². The summed E-state index contributed by atoms with van der Waals surface area (Å²) in [4.78, 5) is 4.49. The molecule has 1 aromatic rings. The maximum Gasteiger partial charge on any atom is 0.120 e. The summed E-state index contributed by atoms with van der Waals surface area (Å²) >= 11 is 0. The lowest BCUT2D eigenvalue weighted by molar-refractivity contribution is 0.452. The average molecular weight is 303 g/mol. The topological polar surface area (TPSA) is 70.6 Å². The van der Waals surface area contributed by atoms with Crippen LogP contribution in [0, 0.1) is 0 Å². The quantitative estimate of drug-likeness (QED) is 0.392. The van der Waals surface area contributed by atoms with Gasteiger partial charge in [-0.2, -0.15) is 0 Å². The predicted octanol–water partition coefficient (Wildman–Crippen LogP) is 3.14. The lowest BCUT2D eigenvalue weighted by Gasteiger charge is -2.24. The van der Waals surface area contributed by atoms with Gasteiger partial charge < -0.3 is 16.2 Å². The second-order valence-corrected chi connectivity index (χ2v) is 5.74. The van der Waals surface area contributed by atoms with Crippen LogP contribution in [0.4, 0.5) is 0 Å². The van der Waals surface area contributed by atoms with E-state index in [0.717, 1.165) is 29.5 Å². The molecule has 1 aromatic carbocycles. The smallest absolute Gasteiger partial charge is 0.120 e. The van der Waals surface area contributed by atoms with Crippen LogP contribution < -0.4 is 11.1 Å². The number of hydrogen-bond donors (Lipinski definition) is 3. The number of benzene rings is 1. The van der Waals surface area contributed by atoms with Crippen LogP contribution in [0.2, 0.25) is 0 Å². The van der Waals surface area contributed by atoms with Gasteiger partial charge in [0, 0.05) is 18.5 Å². The number of aryl methyl sites for hydroxylation is 1. The number of nitrogens with one attached hydrogen (secondary N) is 1. The van der Waals surface area contributed by atoms with Crippen molar-refractivity contribution in [2.45, 2.75) is 59.2 Å². The first kappa shape index (κ1) is 18.2. The second-order valence-electron chi connectivity index (χ2n) is 5.74. The van der Waals surface area contributed by atoms with Crippen LogP contribution >= 0.6 is 0 Å². The van der Waals surface area contributed by atoms with Crippen molar-refractivity contribution in [3.05, 3.63) is 41.5 Å². The van der Waals surface area contributed by atoms with Crippen LogP contribution in [0.15, 0.2) is 35.3 Å². The van der Waals surface area contributed by atoms with Gasteiger partial charge in [-0.15, -0.1) is 0 Å². The number of aromatic hydroxyl groups is 1. The molecule has 0 aromatic heterocycles. The molecule has 0 aliphatic carbocycles. The fourth-order valence-corrected chi connectivity index (χ4v) is 2.38. The van der Waals surface area contributed by atoms with Gasteiger partial charge in [0.1, 0.15) is 5.75 Å². The van der Waals surface area contributed by atoms with Gasteiger partial charge >= 0.3 is 0 Å².